The quantitative estimate of drug-likeness (QED) is 0.472. The number of pyridine rings is 1. The van der Waals surface area contributed by atoms with Crippen molar-refractivity contribution in [2.24, 2.45) is 0 Å². The summed E-state index contributed by atoms with van der Waals surface area (Å²) in [5, 5.41) is 10.6. The molecule has 2 aromatic carbocycles. The second kappa shape index (κ2) is 7.55. The van der Waals surface area contributed by atoms with Crippen LogP contribution in [0.2, 0.25) is 0 Å². The molecule has 6 rings (SSSR count). The van der Waals surface area contributed by atoms with E-state index in [1.165, 1.54) is 5.69 Å². The summed E-state index contributed by atoms with van der Waals surface area (Å²) in [6, 6.07) is 18.8. The van der Waals surface area contributed by atoms with E-state index in [1.54, 1.807) is 6.20 Å². The Labute approximate surface area is 180 Å². The van der Waals surface area contributed by atoms with E-state index in [9.17, 15) is 0 Å². The molecule has 1 aliphatic heterocycles. The lowest BCUT2D eigenvalue weighted by Crippen LogP contribution is -2.43. The van der Waals surface area contributed by atoms with E-state index >= 15 is 0 Å². The third kappa shape index (κ3) is 2.96. The molecule has 5 aromatic rings. The fourth-order valence-electron chi connectivity index (χ4n) is 4.20. The number of hydrogen-bond donors (Lipinski definition) is 1. The van der Waals surface area contributed by atoms with Gasteiger partial charge in [-0.3, -0.25) is 4.98 Å². The number of hydrogen-bond acceptors (Lipinski definition) is 5. The van der Waals surface area contributed by atoms with Gasteiger partial charge in [-0.2, -0.15) is 5.10 Å². The van der Waals surface area contributed by atoms with Gasteiger partial charge in [-0.1, -0.05) is 24.3 Å². The van der Waals surface area contributed by atoms with Crippen LogP contribution in [0.1, 0.15) is 0 Å². The van der Waals surface area contributed by atoms with Crippen LogP contribution in [0.5, 0.6) is 0 Å². The highest BCUT2D eigenvalue weighted by atomic mass is 35.5. The van der Waals surface area contributed by atoms with Crippen LogP contribution in [0.15, 0.2) is 67.0 Å². The summed E-state index contributed by atoms with van der Waals surface area (Å²) in [4.78, 5) is 11.6. The number of anilines is 1. The zero-order chi connectivity index (χ0) is 19.2. The van der Waals surface area contributed by atoms with Crippen molar-refractivity contribution in [1.82, 2.24) is 24.9 Å². The third-order valence-corrected chi connectivity index (χ3v) is 5.65. The summed E-state index contributed by atoms with van der Waals surface area (Å²) >= 11 is 0. The van der Waals surface area contributed by atoms with Crippen molar-refractivity contribution in [1.29, 1.82) is 0 Å². The molecule has 4 heterocycles. The molecule has 30 heavy (non-hydrogen) atoms. The van der Waals surface area contributed by atoms with E-state index in [4.69, 9.17) is 10.1 Å². The summed E-state index contributed by atoms with van der Waals surface area (Å²) in [5.74, 6) is 0. The minimum absolute atomic E-state index is 0. The highest BCUT2D eigenvalue weighted by Crippen LogP contribution is 2.31. The van der Waals surface area contributed by atoms with Crippen LogP contribution in [0, 0.1) is 0 Å². The number of fused-ring (bicyclic) bond motifs is 5. The zero-order valence-corrected chi connectivity index (χ0v) is 17.1. The van der Waals surface area contributed by atoms with Crippen molar-refractivity contribution in [2.75, 3.05) is 31.1 Å². The molecule has 0 spiro atoms. The van der Waals surface area contributed by atoms with Gasteiger partial charge < -0.3 is 10.2 Å². The maximum absolute atomic E-state index is 5.03. The Hall–Kier alpha value is -3.22. The minimum atomic E-state index is 0. The van der Waals surface area contributed by atoms with Crippen LogP contribution in [-0.4, -0.2) is 45.8 Å². The maximum atomic E-state index is 5.03. The smallest absolute Gasteiger partial charge is 0.162 e. The first-order valence-corrected chi connectivity index (χ1v) is 9.96. The van der Waals surface area contributed by atoms with E-state index < -0.39 is 0 Å². The predicted octanol–water partition coefficient (Wildman–Crippen LogP) is 3.93. The molecule has 6 nitrogen and oxygen atoms in total. The fourth-order valence-corrected chi connectivity index (χ4v) is 4.20. The molecule has 0 amide bonds. The number of imidazole rings is 1. The van der Waals surface area contributed by atoms with Gasteiger partial charge >= 0.3 is 0 Å². The first kappa shape index (κ1) is 18.8. The van der Waals surface area contributed by atoms with Crippen LogP contribution < -0.4 is 10.2 Å². The molecular formula is C23H21ClN6. The molecule has 0 bridgehead atoms. The van der Waals surface area contributed by atoms with E-state index in [1.807, 2.05) is 22.8 Å². The van der Waals surface area contributed by atoms with Crippen molar-refractivity contribution >= 4 is 45.5 Å². The molecule has 1 fully saturated rings. The van der Waals surface area contributed by atoms with Crippen LogP contribution in [0.25, 0.3) is 38.7 Å². The topological polar surface area (TPSA) is 58.4 Å². The number of nitrogens with zero attached hydrogens (tertiary/aromatic N) is 5. The second-order valence-corrected chi connectivity index (χ2v) is 7.39. The standard InChI is InChI=1S/C23H20N6.ClH/c1-2-6-19-18(5-1)22(16-4-3-9-25-15-16)27-29-21-14-17(28-12-10-24-11-13-28)7-8-20(21)26-23(19)29;/h1-9,14-15,24H,10-13H2;1H. The minimum Gasteiger partial charge on any atom is -0.369 e. The summed E-state index contributed by atoms with van der Waals surface area (Å²) < 4.78 is 1.99. The van der Waals surface area contributed by atoms with E-state index in [-0.39, 0.29) is 12.4 Å². The first-order chi connectivity index (χ1) is 14.4. The molecule has 0 aliphatic carbocycles. The Balaban J connectivity index is 0.00000193. The van der Waals surface area contributed by atoms with Gasteiger partial charge in [0, 0.05) is 60.6 Å². The van der Waals surface area contributed by atoms with Crippen LogP contribution in [-0.2, 0) is 0 Å². The molecule has 0 radical (unpaired) electrons. The molecular weight excluding hydrogens is 396 g/mol. The normalized spacial score (nSPS) is 14.3. The largest absolute Gasteiger partial charge is 0.369 e. The lowest BCUT2D eigenvalue weighted by Gasteiger charge is -2.29. The average molecular weight is 417 g/mol. The lowest BCUT2D eigenvalue weighted by molar-refractivity contribution is 0.589. The Morgan fingerprint density at radius 2 is 1.73 bits per heavy atom. The number of piperazine rings is 1. The van der Waals surface area contributed by atoms with E-state index in [0.717, 1.165) is 64.9 Å². The van der Waals surface area contributed by atoms with Gasteiger partial charge in [0.15, 0.2) is 5.65 Å². The SMILES string of the molecule is Cl.c1cncc(-c2nn3c4cc(N5CCNCC5)ccc4nc3c3ccccc23)c1. The van der Waals surface area contributed by atoms with Crippen molar-refractivity contribution in [3.05, 3.63) is 67.0 Å². The maximum Gasteiger partial charge on any atom is 0.162 e. The van der Waals surface area contributed by atoms with Gasteiger partial charge in [0.25, 0.3) is 0 Å². The molecule has 1 aliphatic rings. The molecule has 1 saturated heterocycles. The lowest BCUT2D eigenvalue weighted by atomic mass is 10.1. The molecule has 150 valence electrons. The van der Waals surface area contributed by atoms with Crippen molar-refractivity contribution in [2.45, 2.75) is 0 Å². The van der Waals surface area contributed by atoms with Crippen molar-refractivity contribution < 1.29 is 0 Å². The highest BCUT2D eigenvalue weighted by Gasteiger charge is 2.16. The summed E-state index contributed by atoms with van der Waals surface area (Å²) in [6.45, 7) is 4.05. The molecule has 0 saturated carbocycles. The summed E-state index contributed by atoms with van der Waals surface area (Å²) in [7, 11) is 0. The van der Waals surface area contributed by atoms with Gasteiger partial charge in [0.2, 0.25) is 0 Å². The number of benzene rings is 2. The molecule has 3 aromatic heterocycles. The van der Waals surface area contributed by atoms with Gasteiger partial charge in [-0.25, -0.2) is 9.50 Å². The highest BCUT2D eigenvalue weighted by molar-refractivity contribution is 6.04. The number of aromatic nitrogens is 4. The number of nitrogens with one attached hydrogen (secondary N) is 1. The Morgan fingerprint density at radius 1 is 0.900 bits per heavy atom. The van der Waals surface area contributed by atoms with Gasteiger partial charge in [-0.15, -0.1) is 12.4 Å². The van der Waals surface area contributed by atoms with E-state index in [0.29, 0.717) is 0 Å². The molecule has 0 atom stereocenters. The average Bonchev–Trinajstić information content (AvgIpc) is 3.18. The number of halogens is 1. The number of rotatable bonds is 2. The molecule has 7 heteroatoms. The fraction of sp³-hybridized carbons (Fsp3) is 0.174. The third-order valence-electron chi connectivity index (χ3n) is 5.65. The Morgan fingerprint density at radius 3 is 2.53 bits per heavy atom. The second-order valence-electron chi connectivity index (χ2n) is 7.39. The van der Waals surface area contributed by atoms with Crippen molar-refractivity contribution in [3.63, 3.8) is 0 Å². The Bertz CT molecular complexity index is 1340. The van der Waals surface area contributed by atoms with Gasteiger partial charge in [0.05, 0.1) is 11.0 Å². The molecule has 1 N–H and O–H groups in total. The van der Waals surface area contributed by atoms with Gasteiger partial charge in [-0.05, 0) is 30.3 Å². The van der Waals surface area contributed by atoms with Crippen molar-refractivity contribution in [3.8, 4) is 11.3 Å². The van der Waals surface area contributed by atoms with Crippen LogP contribution >= 0.6 is 12.4 Å². The van der Waals surface area contributed by atoms with Crippen LogP contribution in [0.4, 0.5) is 5.69 Å². The van der Waals surface area contributed by atoms with Crippen LogP contribution in [0.3, 0.4) is 0 Å². The monoisotopic (exact) mass is 416 g/mol. The summed E-state index contributed by atoms with van der Waals surface area (Å²) in [6.07, 6.45) is 3.66. The first-order valence-electron chi connectivity index (χ1n) is 9.96. The predicted molar refractivity (Wildman–Crippen MR) is 124 cm³/mol. The zero-order valence-electron chi connectivity index (χ0n) is 16.3. The van der Waals surface area contributed by atoms with Gasteiger partial charge in [0.1, 0.15) is 5.69 Å². The Kier molecular flexibility index (Phi) is 4.73. The summed E-state index contributed by atoms with van der Waals surface area (Å²) in [5.41, 5.74) is 6.04. The van der Waals surface area contributed by atoms with E-state index in [2.05, 4.69) is 57.7 Å². The molecule has 0 unspecified atom stereocenters.